The van der Waals surface area contributed by atoms with Gasteiger partial charge in [-0.2, -0.15) is 5.26 Å². The van der Waals surface area contributed by atoms with Gasteiger partial charge in [0.2, 0.25) is 0 Å². The van der Waals surface area contributed by atoms with Gasteiger partial charge in [0.25, 0.3) is 0 Å². The van der Waals surface area contributed by atoms with Gasteiger partial charge in [-0.05, 0) is 12.5 Å². The minimum atomic E-state index is -0.339. The number of hydrogen-bond donors (Lipinski definition) is 0. The topological polar surface area (TPSA) is 57.9 Å². The highest BCUT2D eigenvalue weighted by atomic mass is 35.5. The molecule has 0 bridgehead atoms. The number of aryl methyl sites for hydroxylation is 1. The van der Waals surface area contributed by atoms with Gasteiger partial charge in [-0.25, -0.2) is 0 Å². The van der Waals surface area contributed by atoms with Gasteiger partial charge in [-0.15, -0.1) is 11.6 Å². The molecule has 0 radical (unpaired) electrons. The second kappa shape index (κ2) is 4.72. The summed E-state index contributed by atoms with van der Waals surface area (Å²) in [4.78, 5) is 22.1. The molecule has 15 heavy (non-hydrogen) atoms. The van der Waals surface area contributed by atoms with Crippen LogP contribution in [0, 0.1) is 18.3 Å². The summed E-state index contributed by atoms with van der Waals surface area (Å²) in [7, 11) is 0. The SMILES string of the molecule is Cc1ccc(C=O)c(C#N)c1C(=O)CCl. The fraction of sp³-hybridized carbons (Fsp3) is 0.182. The van der Waals surface area contributed by atoms with E-state index in [0.717, 1.165) is 0 Å². The Balaban J connectivity index is 3.54. The summed E-state index contributed by atoms with van der Waals surface area (Å²) in [6.07, 6.45) is 0.559. The molecule has 0 aliphatic carbocycles. The van der Waals surface area contributed by atoms with Crippen LogP contribution in [-0.2, 0) is 0 Å². The van der Waals surface area contributed by atoms with Crippen molar-refractivity contribution in [1.29, 1.82) is 5.26 Å². The molecule has 0 heterocycles. The van der Waals surface area contributed by atoms with Gasteiger partial charge in [-0.1, -0.05) is 12.1 Å². The van der Waals surface area contributed by atoms with Crippen LogP contribution >= 0.6 is 11.6 Å². The number of carbonyl (C=O) groups excluding carboxylic acids is 2. The van der Waals surface area contributed by atoms with Crippen LogP contribution in [0.1, 0.15) is 31.8 Å². The number of benzene rings is 1. The lowest BCUT2D eigenvalue weighted by atomic mass is 9.95. The molecule has 0 aromatic heterocycles. The Morgan fingerprint density at radius 2 is 2.27 bits per heavy atom. The highest BCUT2D eigenvalue weighted by molar-refractivity contribution is 6.31. The molecule has 0 spiro atoms. The van der Waals surface area contributed by atoms with Gasteiger partial charge < -0.3 is 0 Å². The average Bonchev–Trinajstić information content (AvgIpc) is 2.27. The molecule has 0 N–H and O–H groups in total. The van der Waals surface area contributed by atoms with E-state index in [2.05, 4.69) is 0 Å². The molecule has 0 unspecified atom stereocenters. The second-order valence-corrected chi connectivity index (χ2v) is 3.28. The lowest BCUT2D eigenvalue weighted by Gasteiger charge is -2.06. The van der Waals surface area contributed by atoms with Crippen LogP contribution in [0.25, 0.3) is 0 Å². The van der Waals surface area contributed by atoms with E-state index < -0.39 is 0 Å². The first-order chi connectivity index (χ1) is 7.15. The summed E-state index contributed by atoms with van der Waals surface area (Å²) < 4.78 is 0. The van der Waals surface area contributed by atoms with Gasteiger partial charge in [0.15, 0.2) is 12.1 Å². The van der Waals surface area contributed by atoms with E-state index in [4.69, 9.17) is 16.9 Å². The lowest BCUT2D eigenvalue weighted by Crippen LogP contribution is -2.08. The largest absolute Gasteiger partial charge is 0.298 e. The summed E-state index contributed by atoms with van der Waals surface area (Å²) in [6, 6.07) is 5.01. The third-order valence-corrected chi connectivity index (χ3v) is 2.33. The standard InChI is InChI=1S/C11H8ClNO2/c1-7-2-3-8(6-14)9(5-13)11(7)10(15)4-12/h2-3,6H,4H2,1H3. The van der Waals surface area contributed by atoms with Crippen LogP contribution in [0.15, 0.2) is 12.1 Å². The molecule has 0 atom stereocenters. The Morgan fingerprint density at radius 3 is 2.73 bits per heavy atom. The highest BCUT2D eigenvalue weighted by Gasteiger charge is 2.16. The van der Waals surface area contributed by atoms with Gasteiger partial charge >= 0.3 is 0 Å². The molecule has 1 aromatic carbocycles. The molecule has 0 saturated carbocycles. The molecule has 0 aliphatic rings. The maximum atomic E-state index is 11.5. The van der Waals surface area contributed by atoms with Crippen molar-refractivity contribution in [1.82, 2.24) is 0 Å². The number of nitriles is 1. The van der Waals surface area contributed by atoms with Crippen molar-refractivity contribution in [2.75, 3.05) is 5.88 Å². The van der Waals surface area contributed by atoms with Crippen LogP contribution in [0.2, 0.25) is 0 Å². The number of carbonyl (C=O) groups is 2. The number of aldehydes is 1. The van der Waals surface area contributed by atoms with Gasteiger partial charge in [0.05, 0.1) is 11.4 Å². The van der Waals surface area contributed by atoms with Crippen LogP contribution in [0.3, 0.4) is 0 Å². The molecule has 0 amide bonds. The normalized spacial score (nSPS) is 9.40. The quantitative estimate of drug-likeness (QED) is 0.446. The number of hydrogen-bond acceptors (Lipinski definition) is 3. The van der Waals surface area contributed by atoms with Crippen molar-refractivity contribution in [3.63, 3.8) is 0 Å². The summed E-state index contributed by atoms with van der Waals surface area (Å²) in [5.74, 6) is -0.535. The third kappa shape index (κ3) is 2.05. The van der Waals surface area contributed by atoms with Crippen LogP contribution in [0.4, 0.5) is 0 Å². The zero-order chi connectivity index (χ0) is 11.4. The van der Waals surface area contributed by atoms with Crippen LogP contribution < -0.4 is 0 Å². The minimum Gasteiger partial charge on any atom is -0.298 e. The van der Waals surface area contributed by atoms with E-state index in [1.54, 1.807) is 13.0 Å². The van der Waals surface area contributed by atoms with E-state index in [1.807, 2.05) is 6.07 Å². The molecule has 0 fully saturated rings. The number of ketones is 1. The number of nitrogens with zero attached hydrogens (tertiary/aromatic N) is 1. The third-order valence-electron chi connectivity index (χ3n) is 2.08. The summed E-state index contributed by atoms with van der Waals surface area (Å²) in [6.45, 7) is 1.70. The Hall–Kier alpha value is -1.66. The molecule has 0 saturated heterocycles. The Morgan fingerprint density at radius 1 is 1.60 bits per heavy atom. The van der Waals surface area contributed by atoms with E-state index in [0.29, 0.717) is 11.8 Å². The van der Waals surface area contributed by atoms with Gasteiger partial charge in [0, 0.05) is 11.1 Å². The molecule has 4 heteroatoms. The van der Waals surface area contributed by atoms with Crippen LogP contribution in [-0.4, -0.2) is 17.9 Å². The zero-order valence-corrected chi connectivity index (χ0v) is 8.84. The Labute approximate surface area is 92.3 Å². The summed E-state index contributed by atoms with van der Waals surface area (Å²) >= 11 is 5.44. The second-order valence-electron chi connectivity index (χ2n) is 3.01. The lowest BCUT2D eigenvalue weighted by molar-refractivity contribution is 0.102. The van der Waals surface area contributed by atoms with Crippen molar-refractivity contribution >= 4 is 23.7 Å². The number of Topliss-reactive ketones (excluding diaryl/α,β-unsaturated/α-hetero) is 1. The molecule has 1 rings (SSSR count). The van der Waals surface area contributed by atoms with Gasteiger partial charge in [0.1, 0.15) is 6.07 Å². The predicted molar refractivity (Wildman–Crippen MR) is 56.3 cm³/mol. The van der Waals surface area contributed by atoms with Crippen LogP contribution in [0.5, 0.6) is 0 Å². The number of alkyl halides is 1. The zero-order valence-electron chi connectivity index (χ0n) is 8.08. The fourth-order valence-electron chi connectivity index (χ4n) is 1.37. The number of rotatable bonds is 3. The first kappa shape index (κ1) is 11.4. The number of halogens is 1. The first-order valence-electron chi connectivity index (χ1n) is 4.23. The summed E-state index contributed by atoms with van der Waals surface area (Å²) in [5.41, 5.74) is 1.23. The summed E-state index contributed by atoms with van der Waals surface area (Å²) in [5, 5.41) is 8.90. The smallest absolute Gasteiger partial charge is 0.179 e. The van der Waals surface area contributed by atoms with Gasteiger partial charge in [-0.3, -0.25) is 9.59 Å². The average molecular weight is 222 g/mol. The molecule has 0 aliphatic heterocycles. The van der Waals surface area contributed by atoms with E-state index >= 15 is 0 Å². The van der Waals surface area contributed by atoms with Crippen molar-refractivity contribution in [2.24, 2.45) is 0 Å². The molecule has 3 nitrogen and oxygen atoms in total. The Bertz CT molecular complexity index is 460. The molecule has 76 valence electrons. The van der Waals surface area contributed by atoms with E-state index in [-0.39, 0.29) is 28.4 Å². The van der Waals surface area contributed by atoms with Crippen molar-refractivity contribution < 1.29 is 9.59 Å². The molecule has 1 aromatic rings. The van der Waals surface area contributed by atoms with Crippen molar-refractivity contribution in [3.8, 4) is 6.07 Å². The predicted octanol–water partition coefficient (Wildman–Crippen LogP) is 2.10. The Kier molecular flexibility index (Phi) is 3.59. The first-order valence-corrected chi connectivity index (χ1v) is 4.77. The van der Waals surface area contributed by atoms with Crippen molar-refractivity contribution in [2.45, 2.75) is 6.92 Å². The highest BCUT2D eigenvalue weighted by Crippen LogP contribution is 2.18. The monoisotopic (exact) mass is 221 g/mol. The maximum absolute atomic E-state index is 11.5. The molecular weight excluding hydrogens is 214 g/mol. The van der Waals surface area contributed by atoms with E-state index in [9.17, 15) is 9.59 Å². The maximum Gasteiger partial charge on any atom is 0.179 e. The molecular formula is C11H8ClNO2. The van der Waals surface area contributed by atoms with Crippen molar-refractivity contribution in [3.05, 3.63) is 34.4 Å². The van der Waals surface area contributed by atoms with E-state index in [1.165, 1.54) is 6.07 Å². The fourth-order valence-corrected chi connectivity index (χ4v) is 1.50. The minimum absolute atomic E-state index is 0.107.